The van der Waals surface area contributed by atoms with E-state index in [1.807, 2.05) is 42.5 Å². The van der Waals surface area contributed by atoms with Crippen molar-refractivity contribution in [2.24, 2.45) is 0 Å². The number of H-pyrrole nitrogens is 1. The molecule has 0 aliphatic heterocycles. The molecule has 3 aromatic rings. The SMILES string of the molecule is C=CCCc1ccccc1NC(=O)c1cccc(-c2ncn[nH]2)c1. The number of aromatic nitrogens is 3. The number of aryl methyl sites for hydroxylation is 1. The lowest BCUT2D eigenvalue weighted by Crippen LogP contribution is -2.13. The molecule has 0 saturated heterocycles. The van der Waals surface area contributed by atoms with Gasteiger partial charge in [-0.2, -0.15) is 5.10 Å². The Morgan fingerprint density at radius 1 is 1.21 bits per heavy atom. The number of benzene rings is 2. The van der Waals surface area contributed by atoms with Crippen molar-refractivity contribution in [3.8, 4) is 11.4 Å². The van der Waals surface area contributed by atoms with Crippen LogP contribution in [0.2, 0.25) is 0 Å². The molecule has 2 aromatic carbocycles. The van der Waals surface area contributed by atoms with Crippen molar-refractivity contribution < 1.29 is 4.79 Å². The zero-order chi connectivity index (χ0) is 16.8. The molecule has 1 aromatic heterocycles. The van der Waals surface area contributed by atoms with Crippen LogP contribution < -0.4 is 5.32 Å². The van der Waals surface area contributed by atoms with Gasteiger partial charge < -0.3 is 5.32 Å². The summed E-state index contributed by atoms with van der Waals surface area (Å²) in [6, 6.07) is 15.1. The maximum absolute atomic E-state index is 12.6. The van der Waals surface area contributed by atoms with Crippen molar-refractivity contribution in [3.63, 3.8) is 0 Å². The quantitative estimate of drug-likeness (QED) is 0.678. The average Bonchev–Trinajstić information content (AvgIpc) is 3.16. The first kappa shape index (κ1) is 15.7. The Morgan fingerprint density at radius 3 is 2.88 bits per heavy atom. The van der Waals surface area contributed by atoms with Crippen molar-refractivity contribution in [2.45, 2.75) is 12.8 Å². The minimum absolute atomic E-state index is 0.151. The van der Waals surface area contributed by atoms with Crippen LogP contribution >= 0.6 is 0 Å². The predicted octanol–water partition coefficient (Wildman–Crippen LogP) is 3.84. The molecule has 0 unspecified atom stereocenters. The molecule has 24 heavy (non-hydrogen) atoms. The van der Waals surface area contributed by atoms with Gasteiger partial charge >= 0.3 is 0 Å². The maximum atomic E-state index is 12.6. The van der Waals surface area contributed by atoms with Gasteiger partial charge in [-0.1, -0.05) is 36.4 Å². The lowest BCUT2D eigenvalue weighted by molar-refractivity contribution is 0.102. The van der Waals surface area contributed by atoms with E-state index >= 15 is 0 Å². The number of allylic oxidation sites excluding steroid dienone is 1. The van der Waals surface area contributed by atoms with Crippen LogP contribution in [-0.4, -0.2) is 21.1 Å². The van der Waals surface area contributed by atoms with Crippen molar-refractivity contribution >= 4 is 11.6 Å². The predicted molar refractivity (Wildman–Crippen MR) is 94.7 cm³/mol. The lowest BCUT2D eigenvalue weighted by atomic mass is 10.1. The number of nitrogens with zero attached hydrogens (tertiary/aromatic N) is 2. The lowest BCUT2D eigenvalue weighted by Gasteiger charge is -2.11. The molecule has 0 saturated carbocycles. The molecule has 0 aliphatic rings. The summed E-state index contributed by atoms with van der Waals surface area (Å²) in [5.74, 6) is 0.485. The van der Waals surface area contributed by atoms with Crippen molar-refractivity contribution in [1.82, 2.24) is 15.2 Å². The molecule has 5 heteroatoms. The highest BCUT2D eigenvalue weighted by Crippen LogP contribution is 2.20. The molecule has 3 rings (SSSR count). The van der Waals surface area contributed by atoms with Gasteiger partial charge in [-0.15, -0.1) is 6.58 Å². The van der Waals surface area contributed by atoms with Gasteiger partial charge in [-0.05, 0) is 36.6 Å². The maximum Gasteiger partial charge on any atom is 0.255 e. The van der Waals surface area contributed by atoms with Crippen LogP contribution in [0.25, 0.3) is 11.4 Å². The molecule has 0 aliphatic carbocycles. The van der Waals surface area contributed by atoms with E-state index in [1.54, 1.807) is 12.1 Å². The van der Waals surface area contributed by atoms with Crippen molar-refractivity contribution in [2.75, 3.05) is 5.32 Å². The number of hydrogen-bond donors (Lipinski definition) is 2. The largest absolute Gasteiger partial charge is 0.322 e. The van der Waals surface area contributed by atoms with Gasteiger partial charge in [0.15, 0.2) is 5.82 Å². The van der Waals surface area contributed by atoms with Gasteiger partial charge in [0.1, 0.15) is 6.33 Å². The Kier molecular flexibility index (Phi) is 4.81. The van der Waals surface area contributed by atoms with Crippen LogP contribution in [-0.2, 0) is 6.42 Å². The second-order valence-electron chi connectivity index (χ2n) is 5.35. The second-order valence-corrected chi connectivity index (χ2v) is 5.35. The average molecular weight is 318 g/mol. The second kappa shape index (κ2) is 7.37. The minimum Gasteiger partial charge on any atom is -0.322 e. The van der Waals surface area contributed by atoms with Gasteiger partial charge in [0.2, 0.25) is 0 Å². The highest BCUT2D eigenvalue weighted by atomic mass is 16.1. The summed E-state index contributed by atoms with van der Waals surface area (Å²) in [6.07, 6.45) is 5.03. The molecule has 0 radical (unpaired) electrons. The summed E-state index contributed by atoms with van der Waals surface area (Å²) in [5, 5.41) is 9.62. The number of nitrogens with one attached hydrogen (secondary N) is 2. The van der Waals surface area contributed by atoms with Crippen LogP contribution in [0.3, 0.4) is 0 Å². The molecule has 0 fully saturated rings. The van der Waals surface area contributed by atoms with E-state index in [2.05, 4.69) is 27.1 Å². The normalized spacial score (nSPS) is 10.3. The molecule has 120 valence electrons. The number of aromatic amines is 1. The first-order chi connectivity index (χ1) is 11.8. The summed E-state index contributed by atoms with van der Waals surface area (Å²) in [5.41, 5.74) is 3.31. The number of rotatable bonds is 6. The van der Waals surface area contributed by atoms with Crippen LogP contribution in [0.5, 0.6) is 0 Å². The summed E-state index contributed by atoms with van der Waals surface area (Å²) >= 11 is 0. The van der Waals surface area contributed by atoms with Crippen LogP contribution in [0.1, 0.15) is 22.3 Å². The van der Waals surface area contributed by atoms with Crippen LogP contribution in [0, 0.1) is 0 Å². The fourth-order valence-corrected chi connectivity index (χ4v) is 2.46. The summed E-state index contributed by atoms with van der Waals surface area (Å²) in [4.78, 5) is 16.7. The number of hydrogen-bond acceptors (Lipinski definition) is 3. The molecule has 0 bridgehead atoms. The number of carbonyl (C=O) groups is 1. The number of para-hydroxylation sites is 1. The van der Waals surface area contributed by atoms with E-state index < -0.39 is 0 Å². The Bertz CT molecular complexity index is 840. The summed E-state index contributed by atoms with van der Waals surface area (Å²) in [7, 11) is 0. The van der Waals surface area contributed by atoms with Gasteiger partial charge in [0.25, 0.3) is 5.91 Å². The number of carbonyl (C=O) groups excluding carboxylic acids is 1. The van der Waals surface area contributed by atoms with E-state index in [0.717, 1.165) is 29.7 Å². The highest BCUT2D eigenvalue weighted by molar-refractivity contribution is 6.05. The van der Waals surface area contributed by atoms with Gasteiger partial charge in [0, 0.05) is 16.8 Å². The third-order valence-corrected chi connectivity index (χ3v) is 3.70. The van der Waals surface area contributed by atoms with E-state index in [1.165, 1.54) is 6.33 Å². The minimum atomic E-state index is -0.151. The van der Waals surface area contributed by atoms with E-state index in [4.69, 9.17) is 0 Å². The fraction of sp³-hybridized carbons (Fsp3) is 0.105. The van der Waals surface area contributed by atoms with Gasteiger partial charge in [-0.25, -0.2) is 4.98 Å². The van der Waals surface area contributed by atoms with Crippen molar-refractivity contribution in [3.05, 3.63) is 78.6 Å². The van der Waals surface area contributed by atoms with E-state index in [0.29, 0.717) is 11.4 Å². The Hall–Kier alpha value is -3.21. The zero-order valence-corrected chi connectivity index (χ0v) is 13.2. The smallest absolute Gasteiger partial charge is 0.255 e. The van der Waals surface area contributed by atoms with Crippen molar-refractivity contribution in [1.29, 1.82) is 0 Å². The Morgan fingerprint density at radius 2 is 2.08 bits per heavy atom. The van der Waals surface area contributed by atoms with Crippen LogP contribution in [0.15, 0.2) is 67.5 Å². The first-order valence-electron chi connectivity index (χ1n) is 7.74. The van der Waals surface area contributed by atoms with E-state index in [-0.39, 0.29) is 5.91 Å². The topological polar surface area (TPSA) is 70.7 Å². The molecule has 5 nitrogen and oxygen atoms in total. The zero-order valence-electron chi connectivity index (χ0n) is 13.2. The summed E-state index contributed by atoms with van der Waals surface area (Å²) < 4.78 is 0. The van der Waals surface area contributed by atoms with Gasteiger partial charge in [0.05, 0.1) is 0 Å². The molecular formula is C19H18N4O. The first-order valence-corrected chi connectivity index (χ1v) is 7.74. The number of amides is 1. The van der Waals surface area contributed by atoms with Gasteiger partial charge in [-0.3, -0.25) is 9.89 Å². The van der Waals surface area contributed by atoms with Crippen LogP contribution in [0.4, 0.5) is 5.69 Å². The molecule has 1 heterocycles. The highest BCUT2D eigenvalue weighted by Gasteiger charge is 2.10. The molecule has 0 atom stereocenters. The third kappa shape index (κ3) is 3.57. The Labute approximate surface area is 140 Å². The molecular weight excluding hydrogens is 300 g/mol. The molecule has 1 amide bonds. The third-order valence-electron chi connectivity index (χ3n) is 3.70. The number of anilines is 1. The monoisotopic (exact) mass is 318 g/mol. The summed E-state index contributed by atoms with van der Waals surface area (Å²) in [6.45, 7) is 3.75. The fourth-order valence-electron chi connectivity index (χ4n) is 2.46. The standard InChI is InChI=1S/C19H18N4O/c1-2-3-7-14-8-4-5-11-17(14)22-19(24)16-10-6-9-15(12-16)18-20-13-21-23-18/h2,4-6,8-13H,1,3,7H2,(H,22,24)(H,20,21,23). The Balaban J connectivity index is 1.81. The molecule has 0 spiro atoms. The van der Waals surface area contributed by atoms with E-state index in [9.17, 15) is 4.79 Å². The molecule has 2 N–H and O–H groups in total.